The van der Waals surface area contributed by atoms with Crippen LogP contribution in [0.3, 0.4) is 0 Å². The van der Waals surface area contributed by atoms with Gasteiger partial charge in [0.25, 0.3) is 5.91 Å². The molecule has 1 aromatic carbocycles. The number of pyridine rings is 1. The first-order chi connectivity index (χ1) is 14.4. The summed E-state index contributed by atoms with van der Waals surface area (Å²) in [7, 11) is 1.85. The zero-order valence-electron chi connectivity index (χ0n) is 17.4. The molecule has 1 atom stereocenters. The van der Waals surface area contributed by atoms with E-state index in [1.807, 2.05) is 40.0 Å². The zero-order valence-corrected chi connectivity index (χ0v) is 17.4. The van der Waals surface area contributed by atoms with E-state index < -0.39 is 0 Å². The monoisotopic (exact) mass is 401 g/mol. The van der Waals surface area contributed by atoms with Gasteiger partial charge in [0.2, 0.25) is 0 Å². The molecule has 1 unspecified atom stereocenters. The number of hydrogen-bond acceptors (Lipinski definition) is 5. The highest BCUT2D eigenvalue weighted by molar-refractivity contribution is 5.93. The first-order valence-corrected chi connectivity index (χ1v) is 9.67. The summed E-state index contributed by atoms with van der Waals surface area (Å²) < 4.78 is 7.18. The standard InChI is InChI=1S/C23H23N5O2/c1-14-5-6-15(2)18(11-14)22(17-7-9-24-10-8-17)26-23(29)20-12-21(30-27-20)19-13-25-28(4)16(19)3/h5-13,22H,1-4H3,(H,26,29). The van der Waals surface area contributed by atoms with E-state index in [1.54, 1.807) is 29.3 Å². The van der Waals surface area contributed by atoms with Crippen LogP contribution in [0.2, 0.25) is 0 Å². The molecule has 1 amide bonds. The molecule has 152 valence electrons. The SMILES string of the molecule is Cc1ccc(C)c(C(NC(=O)c2cc(-c3cnn(C)c3C)on2)c2ccncc2)c1. The van der Waals surface area contributed by atoms with E-state index in [1.165, 1.54) is 0 Å². The Hall–Kier alpha value is -3.74. The smallest absolute Gasteiger partial charge is 0.274 e. The maximum Gasteiger partial charge on any atom is 0.274 e. The Morgan fingerprint density at radius 3 is 2.57 bits per heavy atom. The molecule has 4 rings (SSSR count). The van der Waals surface area contributed by atoms with Gasteiger partial charge < -0.3 is 9.84 Å². The van der Waals surface area contributed by atoms with Crippen LogP contribution in [0.15, 0.2) is 59.5 Å². The van der Waals surface area contributed by atoms with Gasteiger partial charge in [0.05, 0.1) is 17.8 Å². The van der Waals surface area contributed by atoms with Crippen LogP contribution in [0.5, 0.6) is 0 Å². The van der Waals surface area contributed by atoms with Crippen molar-refractivity contribution in [1.82, 2.24) is 25.2 Å². The summed E-state index contributed by atoms with van der Waals surface area (Å²) >= 11 is 0. The summed E-state index contributed by atoms with van der Waals surface area (Å²) in [6, 6.07) is 11.3. The molecule has 0 aliphatic carbocycles. The number of aromatic nitrogens is 4. The number of nitrogens with zero attached hydrogens (tertiary/aromatic N) is 4. The zero-order chi connectivity index (χ0) is 21.3. The second-order valence-electron chi connectivity index (χ2n) is 7.39. The number of carbonyl (C=O) groups excluding carboxylic acids is 1. The van der Waals surface area contributed by atoms with E-state index in [0.29, 0.717) is 5.76 Å². The van der Waals surface area contributed by atoms with E-state index in [9.17, 15) is 4.79 Å². The van der Waals surface area contributed by atoms with Crippen molar-refractivity contribution in [2.45, 2.75) is 26.8 Å². The van der Waals surface area contributed by atoms with Gasteiger partial charge in [-0.1, -0.05) is 28.9 Å². The van der Waals surface area contributed by atoms with Gasteiger partial charge in [-0.3, -0.25) is 14.5 Å². The number of aryl methyl sites for hydroxylation is 3. The van der Waals surface area contributed by atoms with Gasteiger partial charge in [-0.15, -0.1) is 0 Å². The molecule has 3 aromatic heterocycles. The molecule has 3 heterocycles. The summed E-state index contributed by atoms with van der Waals surface area (Å²) in [5, 5.41) is 11.3. The van der Waals surface area contributed by atoms with Crippen molar-refractivity contribution in [1.29, 1.82) is 0 Å². The maximum absolute atomic E-state index is 13.1. The topological polar surface area (TPSA) is 85.8 Å². The highest BCUT2D eigenvalue weighted by atomic mass is 16.5. The number of benzene rings is 1. The fourth-order valence-corrected chi connectivity index (χ4v) is 3.42. The molecule has 30 heavy (non-hydrogen) atoms. The van der Waals surface area contributed by atoms with Crippen LogP contribution in [0.1, 0.15) is 44.5 Å². The highest BCUT2D eigenvalue weighted by Gasteiger charge is 2.23. The molecular formula is C23H23N5O2. The molecule has 0 aliphatic rings. The predicted molar refractivity (Wildman–Crippen MR) is 113 cm³/mol. The van der Waals surface area contributed by atoms with Crippen molar-refractivity contribution >= 4 is 5.91 Å². The molecule has 0 spiro atoms. The lowest BCUT2D eigenvalue weighted by molar-refractivity contribution is 0.0934. The van der Waals surface area contributed by atoms with Gasteiger partial charge in [-0.25, -0.2) is 0 Å². The van der Waals surface area contributed by atoms with Gasteiger partial charge in [0.15, 0.2) is 11.5 Å². The lowest BCUT2D eigenvalue weighted by Gasteiger charge is -2.21. The molecule has 0 radical (unpaired) electrons. The minimum Gasteiger partial charge on any atom is -0.355 e. The summed E-state index contributed by atoms with van der Waals surface area (Å²) in [6.45, 7) is 6.01. The van der Waals surface area contributed by atoms with Crippen molar-refractivity contribution < 1.29 is 9.32 Å². The van der Waals surface area contributed by atoms with E-state index in [4.69, 9.17) is 4.52 Å². The quantitative estimate of drug-likeness (QED) is 0.548. The van der Waals surface area contributed by atoms with E-state index in [-0.39, 0.29) is 17.6 Å². The molecule has 7 nitrogen and oxygen atoms in total. The molecule has 4 aromatic rings. The van der Waals surface area contributed by atoms with Crippen LogP contribution in [0.4, 0.5) is 0 Å². The van der Waals surface area contributed by atoms with Crippen LogP contribution >= 0.6 is 0 Å². The van der Waals surface area contributed by atoms with Crippen molar-refractivity contribution in [2.24, 2.45) is 7.05 Å². The van der Waals surface area contributed by atoms with E-state index >= 15 is 0 Å². The first-order valence-electron chi connectivity index (χ1n) is 9.67. The average molecular weight is 401 g/mol. The molecular weight excluding hydrogens is 378 g/mol. The fourth-order valence-electron chi connectivity index (χ4n) is 3.42. The van der Waals surface area contributed by atoms with Crippen LogP contribution < -0.4 is 5.32 Å². The Kier molecular flexibility index (Phi) is 5.18. The highest BCUT2D eigenvalue weighted by Crippen LogP contribution is 2.27. The molecule has 1 N–H and O–H groups in total. The molecule has 0 aliphatic heterocycles. The summed E-state index contributed by atoms with van der Waals surface area (Å²) in [4.78, 5) is 17.2. The number of rotatable bonds is 5. The van der Waals surface area contributed by atoms with Crippen molar-refractivity contribution in [3.63, 3.8) is 0 Å². The van der Waals surface area contributed by atoms with E-state index in [0.717, 1.165) is 33.5 Å². The van der Waals surface area contributed by atoms with Crippen molar-refractivity contribution in [3.8, 4) is 11.3 Å². The lowest BCUT2D eigenvalue weighted by atomic mass is 9.94. The van der Waals surface area contributed by atoms with Crippen molar-refractivity contribution in [2.75, 3.05) is 0 Å². The van der Waals surface area contributed by atoms with Crippen LogP contribution in [0, 0.1) is 20.8 Å². The first kappa shape index (κ1) is 19.6. The third kappa shape index (κ3) is 3.74. The minimum atomic E-state index is -0.333. The maximum atomic E-state index is 13.1. The van der Waals surface area contributed by atoms with Crippen molar-refractivity contribution in [3.05, 3.63) is 88.6 Å². The summed E-state index contributed by atoms with van der Waals surface area (Å²) in [5.41, 5.74) is 6.15. The molecule has 0 saturated carbocycles. The average Bonchev–Trinajstić information content (AvgIpc) is 3.36. The fraction of sp³-hybridized carbons (Fsp3) is 0.217. The number of hydrogen-bond donors (Lipinski definition) is 1. The Morgan fingerprint density at radius 1 is 1.10 bits per heavy atom. The Balaban J connectivity index is 1.66. The van der Waals surface area contributed by atoms with Gasteiger partial charge >= 0.3 is 0 Å². The third-order valence-corrected chi connectivity index (χ3v) is 5.30. The van der Waals surface area contributed by atoms with Gasteiger partial charge in [-0.05, 0) is 49.6 Å². The number of amides is 1. The van der Waals surface area contributed by atoms with Gasteiger partial charge in [0.1, 0.15) is 0 Å². The lowest BCUT2D eigenvalue weighted by Crippen LogP contribution is -2.30. The molecule has 0 fully saturated rings. The largest absolute Gasteiger partial charge is 0.355 e. The van der Waals surface area contributed by atoms with Crippen LogP contribution in [-0.2, 0) is 7.05 Å². The molecule has 7 heteroatoms. The van der Waals surface area contributed by atoms with Crippen LogP contribution in [-0.4, -0.2) is 25.8 Å². The third-order valence-electron chi connectivity index (χ3n) is 5.30. The summed E-state index contributed by atoms with van der Waals surface area (Å²) in [5.74, 6) is 0.201. The predicted octanol–water partition coefficient (Wildman–Crippen LogP) is 3.91. The Morgan fingerprint density at radius 2 is 1.87 bits per heavy atom. The summed E-state index contributed by atoms with van der Waals surface area (Å²) in [6.07, 6.45) is 5.14. The Bertz CT molecular complexity index is 1190. The molecule has 0 saturated heterocycles. The number of nitrogens with one attached hydrogen (secondary N) is 1. The number of carbonyl (C=O) groups is 1. The van der Waals surface area contributed by atoms with E-state index in [2.05, 4.69) is 38.8 Å². The van der Waals surface area contributed by atoms with Gasteiger partial charge in [0, 0.05) is 31.2 Å². The second-order valence-corrected chi connectivity index (χ2v) is 7.39. The van der Waals surface area contributed by atoms with Crippen LogP contribution in [0.25, 0.3) is 11.3 Å². The minimum absolute atomic E-state index is 0.220. The Labute approximate surface area is 174 Å². The molecule has 0 bridgehead atoms. The normalized spacial score (nSPS) is 12.0. The second kappa shape index (κ2) is 7.94. The van der Waals surface area contributed by atoms with Gasteiger partial charge in [-0.2, -0.15) is 5.10 Å².